The minimum atomic E-state index is 0.385. The third kappa shape index (κ3) is 1.27. The van der Waals surface area contributed by atoms with E-state index in [1.807, 2.05) is 0 Å². The Morgan fingerprint density at radius 1 is 1.50 bits per heavy atom. The number of ether oxygens (including phenoxy) is 1. The molecule has 1 aliphatic heterocycles. The smallest absolute Gasteiger partial charge is 0.0578 e. The van der Waals surface area contributed by atoms with Gasteiger partial charge in [-0.05, 0) is 37.0 Å². The van der Waals surface area contributed by atoms with E-state index in [2.05, 4.69) is 6.92 Å². The summed E-state index contributed by atoms with van der Waals surface area (Å²) < 4.78 is 5.61. The first-order chi connectivity index (χ1) is 5.80. The van der Waals surface area contributed by atoms with E-state index in [4.69, 9.17) is 9.84 Å². The molecule has 0 aromatic rings. The van der Waals surface area contributed by atoms with E-state index in [9.17, 15) is 0 Å². The Hall–Kier alpha value is -0.0800. The average molecular weight is 170 g/mol. The predicted octanol–water partition coefficient (Wildman–Crippen LogP) is 1.57. The standard InChI is InChI=1S/C10H18O2/c1-2-9-6-10(3-4-12-9)5-8(10)7-11/h8-9,11H,2-7H2,1H3. The molecule has 2 rings (SSSR count). The van der Waals surface area contributed by atoms with Crippen LogP contribution in [0.2, 0.25) is 0 Å². The fraction of sp³-hybridized carbons (Fsp3) is 1.00. The summed E-state index contributed by atoms with van der Waals surface area (Å²) in [6.45, 7) is 3.48. The Morgan fingerprint density at radius 3 is 2.92 bits per heavy atom. The Balaban J connectivity index is 1.92. The molecule has 2 aliphatic rings. The zero-order chi connectivity index (χ0) is 8.60. The third-order valence-electron chi connectivity index (χ3n) is 3.62. The molecule has 0 aromatic carbocycles. The van der Waals surface area contributed by atoms with Crippen LogP contribution in [0.1, 0.15) is 32.6 Å². The van der Waals surface area contributed by atoms with Gasteiger partial charge < -0.3 is 9.84 Å². The van der Waals surface area contributed by atoms with Crippen molar-refractivity contribution in [2.75, 3.05) is 13.2 Å². The van der Waals surface area contributed by atoms with Crippen LogP contribution in [0.25, 0.3) is 0 Å². The van der Waals surface area contributed by atoms with Gasteiger partial charge in [0.05, 0.1) is 6.10 Å². The Labute approximate surface area is 73.9 Å². The molecular weight excluding hydrogens is 152 g/mol. The quantitative estimate of drug-likeness (QED) is 0.681. The fourth-order valence-electron chi connectivity index (χ4n) is 2.55. The second kappa shape index (κ2) is 3.00. The number of aliphatic hydroxyl groups is 1. The first kappa shape index (κ1) is 8.52. The first-order valence-corrected chi connectivity index (χ1v) is 5.03. The van der Waals surface area contributed by atoms with Gasteiger partial charge in [0.25, 0.3) is 0 Å². The van der Waals surface area contributed by atoms with Gasteiger partial charge in [0, 0.05) is 13.2 Å². The average Bonchev–Trinajstić information content (AvgIpc) is 2.78. The molecule has 0 amide bonds. The highest BCUT2D eigenvalue weighted by molar-refractivity contribution is 5.04. The van der Waals surface area contributed by atoms with Crippen LogP contribution in [0.5, 0.6) is 0 Å². The zero-order valence-electron chi connectivity index (χ0n) is 7.75. The molecule has 12 heavy (non-hydrogen) atoms. The number of hydrogen-bond acceptors (Lipinski definition) is 2. The van der Waals surface area contributed by atoms with Crippen molar-refractivity contribution in [1.29, 1.82) is 0 Å². The van der Waals surface area contributed by atoms with Crippen molar-refractivity contribution in [1.82, 2.24) is 0 Å². The topological polar surface area (TPSA) is 29.5 Å². The largest absolute Gasteiger partial charge is 0.396 e. The van der Waals surface area contributed by atoms with Crippen LogP contribution >= 0.6 is 0 Å². The summed E-state index contributed by atoms with van der Waals surface area (Å²) in [4.78, 5) is 0. The molecule has 70 valence electrons. The van der Waals surface area contributed by atoms with Gasteiger partial charge in [0.1, 0.15) is 0 Å². The van der Waals surface area contributed by atoms with E-state index < -0.39 is 0 Å². The third-order valence-corrected chi connectivity index (χ3v) is 3.62. The molecule has 1 saturated carbocycles. The summed E-state index contributed by atoms with van der Waals surface area (Å²) in [7, 11) is 0. The van der Waals surface area contributed by atoms with E-state index in [1.165, 1.54) is 19.3 Å². The lowest BCUT2D eigenvalue weighted by Crippen LogP contribution is -2.27. The van der Waals surface area contributed by atoms with Crippen LogP contribution in [0.3, 0.4) is 0 Å². The highest BCUT2D eigenvalue weighted by Crippen LogP contribution is 2.60. The number of hydrogen-bond donors (Lipinski definition) is 1. The molecule has 0 radical (unpaired) electrons. The molecule has 1 heterocycles. The normalized spacial score (nSPS) is 46.5. The van der Waals surface area contributed by atoms with E-state index in [-0.39, 0.29) is 0 Å². The molecule has 1 spiro atoms. The van der Waals surface area contributed by atoms with E-state index >= 15 is 0 Å². The lowest BCUT2D eigenvalue weighted by Gasteiger charge is -2.29. The highest BCUT2D eigenvalue weighted by Gasteiger charge is 2.55. The van der Waals surface area contributed by atoms with Gasteiger partial charge in [-0.15, -0.1) is 0 Å². The summed E-state index contributed by atoms with van der Waals surface area (Å²) in [5.41, 5.74) is 0.494. The van der Waals surface area contributed by atoms with Crippen molar-refractivity contribution in [3.8, 4) is 0 Å². The van der Waals surface area contributed by atoms with Crippen molar-refractivity contribution in [3.05, 3.63) is 0 Å². The van der Waals surface area contributed by atoms with Gasteiger partial charge in [-0.3, -0.25) is 0 Å². The molecule has 3 atom stereocenters. The second-order valence-electron chi connectivity index (χ2n) is 4.30. The van der Waals surface area contributed by atoms with Gasteiger partial charge >= 0.3 is 0 Å². The predicted molar refractivity (Wildman–Crippen MR) is 46.9 cm³/mol. The monoisotopic (exact) mass is 170 g/mol. The van der Waals surface area contributed by atoms with Gasteiger partial charge in [-0.1, -0.05) is 6.92 Å². The first-order valence-electron chi connectivity index (χ1n) is 5.03. The molecule has 0 aromatic heterocycles. The molecule has 2 fully saturated rings. The molecule has 1 saturated heterocycles. The lowest BCUT2D eigenvalue weighted by molar-refractivity contribution is -0.0240. The van der Waals surface area contributed by atoms with Crippen molar-refractivity contribution in [2.45, 2.75) is 38.7 Å². The minimum absolute atomic E-state index is 0.385. The van der Waals surface area contributed by atoms with Crippen LogP contribution in [0, 0.1) is 11.3 Å². The maximum absolute atomic E-state index is 9.04. The van der Waals surface area contributed by atoms with E-state index in [0.29, 0.717) is 24.0 Å². The number of aliphatic hydroxyl groups excluding tert-OH is 1. The van der Waals surface area contributed by atoms with Gasteiger partial charge in [0.2, 0.25) is 0 Å². The fourth-order valence-corrected chi connectivity index (χ4v) is 2.55. The zero-order valence-corrected chi connectivity index (χ0v) is 7.75. The van der Waals surface area contributed by atoms with Gasteiger partial charge in [0.15, 0.2) is 0 Å². The van der Waals surface area contributed by atoms with Gasteiger partial charge in [-0.2, -0.15) is 0 Å². The van der Waals surface area contributed by atoms with Crippen LogP contribution < -0.4 is 0 Å². The van der Waals surface area contributed by atoms with E-state index in [1.54, 1.807) is 0 Å². The Kier molecular flexibility index (Phi) is 2.13. The Bertz CT molecular complexity index is 169. The SMILES string of the molecule is CCC1CC2(CCO1)CC2CO. The van der Waals surface area contributed by atoms with Gasteiger partial charge in [-0.25, -0.2) is 0 Å². The Morgan fingerprint density at radius 2 is 2.33 bits per heavy atom. The summed E-state index contributed by atoms with van der Waals surface area (Å²) in [5.74, 6) is 0.593. The molecule has 1 N–H and O–H groups in total. The molecule has 2 nitrogen and oxygen atoms in total. The summed E-state index contributed by atoms with van der Waals surface area (Å²) >= 11 is 0. The molecular formula is C10H18O2. The summed E-state index contributed by atoms with van der Waals surface area (Å²) in [6, 6.07) is 0. The second-order valence-corrected chi connectivity index (χ2v) is 4.30. The van der Waals surface area contributed by atoms with Crippen molar-refractivity contribution < 1.29 is 9.84 Å². The van der Waals surface area contributed by atoms with Crippen LogP contribution in [0.15, 0.2) is 0 Å². The van der Waals surface area contributed by atoms with Crippen molar-refractivity contribution in [2.24, 2.45) is 11.3 Å². The maximum Gasteiger partial charge on any atom is 0.0578 e. The maximum atomic E-state index is 9.04. The highest BCUT2D eigenvalue weighted by atomic mass is 16.5. The van der Waals surface area contributed by atoms with Crippen molar-refractivity contribution >= 4 is 0 Å². The van der Waals surface area contributed by atoms with Crippen LogP contribution in [0.4, 0.5) is 0 Å². The summed E-state index contributed by atoms with van der Waals surface area (Å²) in [5, 5.41) is 9.04. The molecule has 2 heteroatoms. The summed E-state index contributed by atoms with van der Waals surface area (Å²) in [6.07, 6.45) is 5.20. The minimum Gasteiger partial charge on any atom is -0.396 e. The number of rotatable bonds is 2. The van der Waals surface area contributed by atoms with E-state index in [0.717, 1.165) is 13.0 Å². The molecule has 3 unspecified atom stereocenters. The molecule has 0 bridgehead atoms. The van der Waals surface area contributed by atoms with Crippen molar-refractivity contribution in [3.63, 3.8) is 0 Å². The van der Waals surface area contributed by atoms with Crippen LogP contribution in [-0.2, 0) is 4.74 Å². The lowest BCUT2D eigenvalue weighted by atomic mass is 9.89. The van der Waals surface area contributed by atoms with Crippen LogP contribution in [-0.4, -0.2) is 24.4 Å². The molecule has 1 aliphatic carbocycles.